The molecule has 19 heavy (non-hydrogen) atoms. The lowest BCUT2D eigenvalue weighted by molar-refractivity contribution is 0.478. The van der Waals surface area contributed by atoms with E-state index in [-0.39, 0.29) is 0 Å². The molecule has 2 aromatic carbocycles. The smallest absolute Gasteiger partial charge is 0.131 e. The van der Waals surface area contributed by atoms with Crippen molar-refractivity contribution < 1.29 is 4.74 Å². The highest BCUT2D eigenvalue weighted by atomic mass is 35.5. The first-order valence-corrected chi connectivity index (χ1v) is 7.27. The van der Waals surface area contributed by atoms with Crippen LogP contribution in [0.4, 0.5) is 0 Å². The van der Waals surface area contributed by atoms with Gasteiger partial charge >= 0.3 is 0 Å². The summed E-state index contributed by atoms with van der Waals surface area (Å²) in [7, 11) is 0. The van der Waals surface area contributed by atoms with E-state index in [1.165, 1.54) is 18.4 Å². The van der Waals surface area contributed by atoms with Crippen LogP contribution in [-0.4, -0.2) is 0 Å². The molecular weight excluding hydrogens is 256 g/mol. The molecule has 2 heteroatoms. The first kappa shape index (κ1) is 14.0. The predicted molar refractivity (Wildman–Crippen MR) is 81.1 cm³/mol. The Balaban J connectivity index is 2.06. The van der Waals surface area contributed by atoms with Gasteiger partial charge in [0.1, 0.15) is 11.5 Å². The predicted octanol–water partition coefficient (Wildman–Crippen LogP) is 5.56. The fourth-order valence-electron chi connectivity index (χ4n) is 1.95. The minimum Gasteiger partial charge on any atom is -0.457 e. The fraction of sp³-hybridized carbons (Fsp3) is 0.294. The van der Waals surface area contributed by atoms with Gasteiger partial charge in [-0.1, -0.05) is 43.7 Å². The van der Waals surface area contributed by atoms with Crippen LogP contribution in [-0.2, 0) is 12.3 Å². The van der Waals surface area contributed by atoms with Crippen LogP contribution in [0.1, 0.15) is 30.9 Å². The standard InChI is InChI=1S/C17H19ClO/c1-2-3-6-14-9-11-16(12-10-14)19-17-8-5-4-7-15(17)13-18/h4-5,7-12H,2-3,6,13H2,1H3. The molecule has 2 aromatic rings. The first-order valence-electron chi connectivity index (χ1n) is 6.74. The van der Waals surface area contributed by atoms with Crippen molar-refractivity contribution in [1.82, 2.24) is 0 Å². The zero-order valence-corrected chi connectivity index (χ0v) is 12.0. The summed E-state index contributed by atoms with van der Waals surface area (Å²) in [5.74, 6) is 2.15. The van der Waals surface area contributed by atoms with Crippen molar-refractivity contribution in [3.05, 3.63) is 59.7 Å². The summed E-state index contributed by atoms with van der Waals surface area (Å²) in [6.45, 7) is 2.21. The highest BCUT2D eigenvalue weighted by molar-refractivity contribution is 6.17. The van der Waals surface area contributed by atoms with Gasteiger partial charge in [-0.25, -0.2) is 0 Å². The second-order valence-corrected chi connectivity index (χ2v) is 4.86. The van der Waals surface area contributed by atoms with Gasteiger partial charge < -0.3 is 4.74 Å². The van der Waals surface area contributed by atoms with Gasteiger partial charge in [-0.05, 0) is 36.6 Å². The van der Waals surface area contributed by atoms with Crippen LogP contribution >= 0.6 is 11.6 Å². The van der Waals surface area contributed by atoms with E-state index >= 15 is 0 Å². The Labute approximate surface area is 120 Å². The van der Waals surface area contributed by atoms with Crippen molar-refractivity contribution in [3.8, 4) is 11.5 Å². The van der Waals surface area contributed by atoms with Crippen LogP contribution in [0, 0.1) is 0 Å². The van der Waals surface area contributed by atoms with E-state index in [2.05, 4.69) is 19.1 Å². The normalized spacial score (nSPS) is 10.4. The maximum Gasteiger partial charge on any atom is 0.131 e. The topological polar surface area (TPSA) is 9.23 Å². The molecule has 100 valence electrons. The third-order valence-electron chi connectivity index (χ3n) is 3.09. The lowest BCUT2D eigenvalue weighted by Gasteiger charge is -2.09. The van der Waals surface area contributed by atoms with Crippen LogP contribution in [0.25, 0.3) is 0 Å². The van der Waals surface area contributed by atoms with Crippen LogP contribution in [0.2, 0.25) is 0 Å². The molecule has 0 bridgehead atoms. The van der Waals surface area contributed by atoms with Crippen LogP contribution < -0.4 is 4.74 Å². The summed E-state index contributed by atoms with van der Waals surface area (Å²) in [5.41, 5.74) is 2.37. The van der Waals surface area contributed by atoms with Gasteiger partial charge in [0.25, 0.3) is 0 Å². The van der Waals surface area contributed by atoms with Crippen LogP contribution in [0.3, 0.4) is 0 Å². The monoisotopic (exact) mass is 274 g/mol. The highest BCUT2D eigenvalue weighted by Crippen LogP contribution is 2.26. The maximum absolute atomic E-state index is 5.90. The average molecular weight is 275 g/mol. The highest BCUT2D eigenvalue weighted by Gasteiger charge is 2.03. The van der Waals surface area contributed by atoms with E-state index in [4.69, 9.17) is 16.3 Å². The third-order valence-corrected chi connectivity index (χ3v) is 3.37. The summed E-state index contributed by atoms with van der Waals surface area (Å²) >= 11 is 5.90. The number of benzene rings is 2. The molecule has 0 unspecified atom stereocenters. The molecule has 0 aromatic heterocycles. The van der Waals surface area contributed by atoms with Gasteiger partial charge in [0.05, 0.1) is 5.88 Å². The van der Waals surface area contributed by atoms with Crippen molar-refractivity contribution in [2.24, 2.45) is 0 Å². The van der Waals surface area contributed by atoms with Gasteiger partial charge in [-0.2, -0.15) is 0 Å². The number of hydrogen-bond acceptors (Lipinski definition) is 1. The third kappa shape index (κ3) is 4.00. The molecule has 0 atom stereocenters. The average Bonchev–Trinajstić information content (AvgIpc) is 2.47. The summed E-state index contributed by atoms with van der Waals surface area (Å²) in [6, 6.07) is 16.2. The molecule has 0 saturated heterocycles. The fourth-order valence-corrected chi connectivity index (χ4v) is 2.17. The SMILES string of the molecule is CCCCc1ccc(Oc2ccccc2CCl)cc1. The van der Waals surface area contributed by atoms with Crippen molar-refractivity contribution in [3.63, 3.8) is 0 Å². The molecule has 0 saturated carbocycles. The Bertz CT molecular complexity index is 505. The lowest BCUT2D eigenvalue weighted by Crippen LogP contribution is -1.90. The number of ether oxygens (including phenoxy) is 1. The van der Waals surface area contributed by atoms with Crippen LogP contribution in [0.5, 0.6) is 11.5 Å². The van der Waals surface area contributed by atoms with E-state index in [9.17, 15) is 0 Å². The largest absolute Gasteiger partial charge is 0.457 e. The first-order chi connectivity index (χ1) is 9.33. The number of aryl methyl sites for hydroxylation is 1. The van der Waals surface area contributed by atoms with Gasteiger partial charge in [-0.3, -0.25) is 0 Å². The quantitative estimate of drug-likeness (QED) is 0.627. The minimum atomic E-state index is 0.463. The number of hydrogen-bond donors (Lipinski definition) is 0. The summed E-state index contributed by atoms with van der Waals surface area (Å²) in [5, 5.41) is 0. The summed E-state index contributed by atoms with van der Waals surface area (Å²) < 4.78 is 5.88. The molecule has 0 spiro atoms. The van der Waals surface area contributed by atoms with Crippen molar-refractivity contribution in [2.45, 2.75) is 32.1 Å². The van der Waals surface area contributed by atoms with E-state index in [0.717, 1.165) is 23.5 Å². The number of alkyl halides is 1. The van der Waals surface area contributed by atoms with Crippen molar-refractivity contribution >= 4 is 11.6 Å². The Morgan fingerprint density at radius 3 is 2.42 bits per heavy atom. The molecule has 0 fully saturated rings. The van der Waals surface area contributed by atoms with E-state index < -0.39 is 0 Å². The Morgan fingerprint density at radius 1 is 1.00 bits per heavy atom. The molecule has 0 aliphatic rings. The molecule has 1 nitrogen and oxygen atoms in total. The van der Waals surface area contributed by atoms with E-state index in [1.54, 1.807) is 0 Å². The molecule has 0 N–H and O–H groups in total. The number of unbranched alkanes of at least 4 members (excludes halogenated alkanes) is 1. The number of halogens is 1. The molecule has 2 rings (SSSR count). The second-order valence-electron chi connectivity index (χ2n) is 4.59. The molecule has 0 heterocycles. The molecule has 0 radical (unpaired) electrons. The zero-order chi connectivity index (χ0) is 13.5. The number of rotatable bonds is 6. The zero-order valence-electron chi connectivity index (χ0n) is 11.2. The van der Waals surface area contributed by atoms with Gasteiger partial charge in [0, 0.05) is 5.56 Å². The second kappa shape index (κ2) is 7.20. The molecule has 0 aliphatic heterocycles. The van der Waals surface area contributed by atoms with E-state index in [0.29, 0.717) is 5.88 Å². The molecular formula is C17H19ClO. The van der Waals surface area contributed by atoms with Crippen molar-refractivity contribution in [1.29, 1.82) is 0 Å². The Hall–Kier alpha value is -1.47. The summed E-state index contributed by atoms with van der Waals surface area (Å²) in [6.07, 6.45) is 3.59. The van der Waals surface area contributed by atoms with E-state index in [1.807, 2.05) is 36.4 Å². The molecule has 0 amide bonds. The Morgan fingerprint density at radius 2 is 1.74 bits per heavy atom. The van der Waals surface area contributed by atoms with Gasteiger partial charge in [-0.15, -0.1) is 11.6 Å². The van der Waals surface area contributed by atoms with Crippen molar-refractivity contribution in [2.75, 3.05) is 0 Å². The number of para-hydroxylation sites is 1. The summed E-state index contributed by atoms with van der Waals surface area (Å²) in [4.78, 5) is 0. The van der Waals surface area contributed by atoms with Gasteiger partial charge in [0.15, 0.2) is 0 Å². The lowest BCUT2D eigenvalue weighted by atomic mass is 10.1. The van der Waals surface area contributed by atoms with Gasteiger partial charge in [0.2, 0.25) is 0 Å². The minimum absolute atomic E-state index is 0.463. The molecule has 0 aliphatic carbocycles. The maximum atomic E-state index is 5.90. The Kier molecular flexibility index (Phi) is 5.29. The van der Waals surface area contributed by atoms with Crippen LogP contribution in [0.15, 0.2) is 48.5 Å².